The van der Waals surface area contributed by atoms with E-state index in [0.29, 0.717) is 11.5 Å². The van der Waals surface area contributed by atoms with Crippen molar-refractivity contribution >= 4 is 22.4 Å². The molecule has 0 saturated heterocycles. The Balaban J connectivity index is 2.44. The molecule has 1 rings (SSSR count). The average Bonchev–Trinajstić information content (AvgIpc) is 2.73. The number of carbonyl (C=O) groups excluding carboxylic acids is 1. The molecule has 0 bridgehead atoms. The first-order chi connectivity index (χ1) is 7.77. The van der Waals surface area contributed by atoms with Gasteiger partial charge in [-0.1, -0.05) is 11.3 Å². The van der Waals surface area contributed by atoms with Gasteiger partial charge in [0.15, 0.2) is 5.13 Å². The summed E-state index contributed by atoms with van der Waals surface area (Å²) < 4.78 is 4.87. The summed E-state index contributed by atoms with van der Waals surface area (Å²) in [4.78, 5) is 15.9. The van der Waals surface area contributed by atoms with Gasteiger partial charge in [0.05, 0.1) is 12.8 Å². The van der Waals surface area contributed by atoms with E-state index < -0.39 is 0 Å². The minimum atomic E-state index is -0.318. The van der Waals surface area contributed by atoms with Crippen LogP contribution in [-0.2, 0) is 4.74 Å². The zero-order valence-corrected chi connectivity index (χ0v) is 10.2. The summed E-state index contributed by atoms with van der Waals surface area (Å²) in [6.45, 7) is 4.70. The van der Waals surface area contributed by atoms with Gasteiger partial charge in [-0.05, 0) is 13.8 Å². The number of anilines is 1. The first-order valence-electron chi connectivity index (χ1n) is 5.04. The molecule has 16 heavy (non-hydrogen) atoms. The second kappa shape index (κ2) is 6.85. The predicted molar refractivity (Wildman–Crippen MR) is 64.6 cm³/mol. The SMILES string of the molecule is CC#CCCNc1ncc(C(=O)OCC)s1. The number of hydrogen-bond acceptors (Lipinski definition) is 5. The second-order valence-electron chi connectivity index (χ2n) is 2.85. The number of nitrogens with zero attached hydrogens (tertiary/aromatic N) is 1. The third-order valence-electron chi connectivity index (χ3n) is 1.69. The van der Waals surface area contributed by atoms with Crippen LogP contribution in [-0.4, -0.2) is 24.1 Å². The van der Waals surface area contributed by atoms with Gasteiger partial charge in [-0.2, -0.15) is 0 Å². The Bertz CT molecular complexity index is 404. The summed E-state index contributed by atoms with van der Waals surface area (Å²) in [7, 11) is 0. The lowest BCUT2D eigenvalue weighted by Gasteiger charge is -1.97. The molecule has 0 fully saturated rings. The number of esters is 1. The van der Waals surface area contributed by atoms with E-state index in [9.17, 15) is 4.79 Å². The fourth-order valence-electron chi connectivity index (χ4n) is 1.01. The summed E-state index contributed by atoms with van der Waals surface area (Å²) in [5.74, 6) is 5.44. The van der Waals surface area contributed by atoms with Crippen LogP contribution in [0.15, 0.2) is 6.20 Å². The first kappa shape index (κ1) is 12.5. The zero-order valence-electron chi connectivity index (χ0n) is 9.37. The Hall–Kier alpha value is -1.54. The Morgan fingerprint density at radius 3 is 3.19 bits per heavy atom. The molecule has 0 spiro atoms. The van der Waals surface area contributed by atoms with Gasteiger partial charge in [-0.25, -0.2) is 9.78 Å². The smallest absolute Gasteiger partial charge is 0.350 e. The topological polar surface area (TPSA) is 51.2 Å². The zero-order chi connectivity index (χ0) is 11.8. The van der Waals surface area contributed by atoms with E-state index in [4.69, 9.17) is 4.74 Å². The number of aromatic nitrogens is 1. The number of rotatable bonds is 5. The number of thiazole rings is 1. The van der Waals surface area contributed by atoms with E-state index in [-0.39, 0.29) is 5.97 Å². The molecule has 0 aliphatic rings. The van der Waals surface area contributed by atoms with E-state index in [1.807, 2.05) is 6.92 Å². The van der Waals surface area contributed by atoms with Gasteiger partial charge < -0.3 is 10.1 Å². The van der Waals surface area contributed by atoms with Crippen molar-refractivity contribution in [2.45, 2.75) is 20.3 Å². The van der Waals surface area contributed by atoms with Crippen LogP contribution in [0.3, 0.4) is 0 Å². The summed E-state index contributed by atoms with van der Waals surface area (Å²) in [6, 6.07) is 0. The molecule has 0 amide bonds. The standard InChI is InChI=1S/C11H14N2O2S/c1-3-5-6-7-12-11-13-8-9(16-11)10(14)15-4-2/h8H,4,6-7H2,1-2H3,(H,12,13). The molecule has 0 aliphatic heterocycles. The van der Waals surface area contributed by atoms with E-state index >= 15 is 0 Å². The Morgan fingerprint density at radius 1 is 1.69 bits per heavy atom. The maximum absolute atomic E-state index is 11.3. The molecular formula is C11H14N2O2S. The van der Waals surface area contributed by atoms with Crippen LogP contribution >= 0.6 is 11.3 Å². The third kappa shape index (κ3) is 3.91. The van der Waals surface area contributed by atoms with E-state index in [1.54, 1.807) is 6.92 Å². The van der Waals surface area contributed by atoms with Gasteiger partial charge in [0.1, 0.15) is 4.88 Å². The third-order valence-corrected chi connectivity index (χ3v) is 2.62. The first-order valence-corrected chi connectivity index (χ1v) is 5.86. The second-order valence-corrected chi connectivity index (χ2v) is 3.88. The molecule has 1 aromatic heterocycles. The minimum absolute atomic E-state index is 0.318. The van der Waals surface area contributed by atoms with Gasteiger partial charge in [-0.15, -0.1) is 11.8 Å². The van der Waals surface area contributed by atoms with Crippen LogP contribution < -0.4 is 5.32 Å². The van der Waals surface area contributed by atoms with E-state index in [2.05, 4.69) is 22.1 Å². The molecule has 4 nitrogen and oxygen atoms in total. The molecule has 1 heterocycles. The Labute approximate surface area is 99.0 Å². The number of hydrogen-bond donors (Lipinski definition) is 1. The van der Waals surface area contributed by atoms with Crippen molar-refractivity contribution in [1.29, 1.82) is 0 Å². The van der Waals surface area contributed by atoms with Gasteiger partial charge in [0.25, 0.3) is 0 Å². The quantitative estimate of drug-likeness (QED) is 0.485. The molecule has 0 saturated carbocycles. The van der Waals surface area contributed by atoms with E-state index in [1.165, 1.54) is 17.5 Å². The highest BCUT2D eigenvalue weighted by atomic mass is 32.1. The maximum Gasteiger partial charge on any atom is 0.350 e. The van der Waals surface area contributed by atoms with Gasteiger partial charge >= 0.3 is 5.97 Å². The van der Waals surface area contributed by atoms with Crippen molar-refractivity contribution in [2.75, 3.05) is 18.5 Å². The van der Waals surface area contributed by atoms with Crippen LogP contribution in [0.1, 0.15) is 29.9 Å². The van der Waals surface area contributed by atoms with Crippen LogP contribution in [0.5, 0.6) is 0 Å². The van der Waals surface area contributed by atoms with Gasteiger partial charge in [0, 0.05) is 13.0 Å². The minimum Gasteiger partial charge on any atom is -0.462 e. The maximum atomic E-state index is 11.3. The molecule has 0 aliphatic carbocycles. The van der Waals surface area contributed by atoms with Crippen LogP contribution in [0.25, 0.3) is 0 Å². The molecular weight excluding hydrogens is 224 g/mol. The average molecular weight is 238 g/mol. The number of nitrogens with one attached hydrogen (secondary N) is 1. The lowest BCUT2D eigenvalue weighted by Crippen LogP contribution is -2.01. The summed E-state index contributed by atoms with van der Waals surface area (Å²) in [6.07, 6.45) is 2.29. The predicted octanol–water partition coefficient (Wildman–Crippen LogP) is 2.15. The lowest BCUT2D eigenvalue weighted by atomic mass is 10.4. The van der Waals surface area contributed by atoms with Crippen molar-refractivity contribution in [3.05, 3.63) is 11.1 Å². The van der Waals surface area contributed by atoms with Crippen LogP contribution in [0.2, 0.25) is 0 Å². The molecule has 0 unspecified atom stereocenters. The molecule has 1 N–H and O–H groups in total. The molecule has 0 aromatic carbocycles. The molecule has 5 heteroatoms. The number of carbonyl (C=O) groups is 1. The molecule has 0 radical (unpaired) electrons. The highest BCUT2D eigenvalue weighted by Crippen LogP contribution is 2.18. The van der Waals surface area contributed by atoms with Crippen molar-refractivity contribution in [1.82, 2.24) is 4.98 Å². The highest BCUT2D eigenvalue weighted by molar-refractivity contribution is 7.17. The summed E-state index contributed by atoms with van der Waals surface area (Å²) >= 11 is 1.29. The fourth-order valence-corrected chi connectivity index (χ4v) is 1.74. The fraction of sp³-hybridized carbons (Fsp3) is 0.455. The van der Waals surface area contributed by atoms with Crippen LogP contribution in [0.4, 0.5) is 5.13 Å². The van der Waals surface area contributed by atoms with Crippen molar-refractivity contribution < 1.29 is 9.53 Å². The number of ether oxygens (including phenoxy) is 1. The molecule has 0 atom stereocenters. The normalized spacial score (nSPS) is 9.12. The lowest BCUT2D eigenvalue weighted by molar-refractivity contribution is 0.0532. The largest absolute Gasteiger partial charge is 0.462 e. The van der Waals surface area contributed by atoms with E-state index in [0.717, 1.165) is 18.1 Å². The monoisotopic (exact) mass is 238 g/mol. The molecule has 1 aromatic rings. The Morgan fingerprint density at radius 2 is 2.50 bits per heavy atom. The highest BCUT2D eigenvalue weighted by Gasteiger charge is 2.10. The van der Waals surface area contributed by atoms with Crippen molar-refractivity contribution in [3.8, 4) is 11.8 Å². The Kier molecular flexibility index (Phi) is 5.37. The van der Waals surface area contributed by atoms with Crippen molar-refractivity contribution in [2.24, 2.45) is 0 Å². The molecule has 86 valence electrons. The van der Waals surface area contributed by atoms with Crippen LogP contribution in [0, 0.1) is 11.8 Å². The van der Waals surface area contributed by atoms with Crippen molar-refractivity contribution in [3.63, 3.8) is 0 Å². The van der Waals surface area contributed by atoms with Gasteiger partial charge in [0.2, 0.25) is 0 Å². The summed E-state index contributed by atoms with van der Waals surface area (Å²) in [5.41, 5.74) is 0. The summed E-state index contributed by atoms with van der Waals surface area (Å²) in [5, 5.41) is 3.82. The van der Waals surface area contributed by atoms with Gasteiger partial charge in [-0.3, -0.25) is 0 Å².